The van der Waals surface area contributed by atoms with Gasteiger partial charge in [-0.1, -0.05) is 96.3 Å². The summed E-state index contributed by atoms with van der Waals surface area (Å²) in [6.07, 6.45) is 0. The molecule has 0 atom stereocenters. The monoisotopic (exact) mass is 675 g/mol. The molecule has 0 N–H and O–H groups in total. The minimum Gasteiger partial charge on any atom is -0.457 e. The van der Waals surface area contributed by atoms with E-state index >= 15 is 0 Å². The molecule has 0 saturated carbocycles. The zero-order chi connectivity index (χ0) is 33.7. The van der Waals surface area contributed by atoms with Crippen LogP contribution in [0, 0.1) is 0 Å². The molecular formula is C40H33N7O2S. The predicted molar refractivity (Wildman–Crippen MR) is 200 cm³/mol. The maximum atomic E-state index is 14.0. The molecule has 9 nitrogen and oxygen atoms in total. The van der Waals surface area contributed by atoms with Gasteiger partial charge in [-0.3, -0.25) is 14.6 Å². The van der Waals surface area contributed by atoms with Crippen molar-refractivity contribution in [3.05, 3.63) is 145 Å². The molecular weight excluding hydrogens is 643 g/mol. The minimum absolute atomic E-state index is 0.130. The van der Waals surface area contributed by atoms with Crippen molar-refractivity contribution in [2.75, 3.05) is 42.6 Å². The van der Waals surface area contributed by atoms with Crippen molar-refractivity contribution >= 4 is 50.2 Å². The van der Waals surface area contributed by atoms with Crippen molar-refractivity contribution in [1.29, 1.82) is 0 Å². The van der Waals surface area contributed by atoms with Crippen LogP contribution in [0.25, 0.3) is 11.3 Å². The van der Waals surface area contributed by atoms with Gasteiger partial charge in [-0.25, -0.2) is 9.98 Å². The third-order valence-electron chi connectivity index (χ3n) is 8.66. The summed E-state index contributed by atoms with van der Waals surface area (Å²) in [6, 6.07) is 45.2. The van der Waals surface area contributed by atoms with Gasteiger partial charge in [0.25, 0.3) is 5.91 Å². The number of hydrogen-bond acceptors (Lipinski definition) is 9. The van der Waals surface area contributed by atoms with E-state index in [1.165, 1.54) is 17.0 Å². The Labute approximate surface area is 294 Å². The third kappa shape index (κ3) is 6.80. The second-order valence-electron chi connectivity index (χ2n) is 11.9. The van der Waals surface area contributed by atoms with Gasteiger partial charge in [0.2, 0.25) is 5.13 Å². The van der Waals surface area contributed by atoms with Crippen LogP contribution >= 0.6 is 11.3 Å². The number of anilines is 2. The topological polar surface area (TPSA) is 86.0 Å². The number of carbonyl (C=O) groups is 1. The number of hydrogen-bond donors (Lipinski definition) is 0. The van der Waals surface area contributed by atoms with Gasteiger partial charge < -0.3 is 9.64 Å². The standard InChI is InChI=1S/C40H33N7O2S/c48-39-37(34-18-10-11-19-35(34)47(39)28-45-24-26-46(27-25-45)31-14-6-2-7-15-31)42-40-41-36(29-12-4-1-5-13-29)38(50-40)44-43-30-20-22-33(23-21-30)49-32-16-8-3-9-17-32/h1-23H,24-28H2/b42-37+,44-43?. The largest absolute Gasteiger partial charge is 0.457 e. The Morgan fingerprint density at radius 1 is 0.680 bits per heavy atom. The van der Waals surface area contributed by atoms with E-state index in [-0.39, 0.29) is 5.91 Å². The Bertz CT molecular complexity index is 2150. The van der Waals surface area contributed by atoms with Gasteiger partial charge in [0.1, 0.15) is 22.9 Å². The average molecular weight is 676 g/mol. The summed E-state index contributed by atoms with van der Waals surface area (Å²) in [5.41, 5.74) is 5.51. The number of ether oxygens (including phenoxy) is 1. The van der Waals surface area contributed by atoms with Gasteiger partial charge >= 0.3 is 0 Å². The van der Waals surface area contributed by atoms with Crippen LogP contribution in [0.4, 0.5) is 27.2 Å². The average Bonchev–Trinajstić information content (AvgIpc) is 3.70. The van der Waals surface area contributed by atoms with Crippen molar-refractivity contribution in [2.45, 2.75) is 0 Å². The van der Waals surface area contributed by atoms with Crippen molar-refractivity contribution in [3.63, 3.8) is 0 Å². The Morgan fingerprint density at radius 3 is 2.06 bits per heavy atom. The molecule has 1 saturated heterocycles. The van der Waals surface area contributed by atoms with E-state index in [4.69, 9.17) is 14.7 Å². The SMILES string of the molecule is O=C1/C(=N/c2nc(-c3ccccc3)c(N=Nc3ccc(Oc4ccccc4)cc3)s2)c2ccccc2N1CN1CCN(c2ccccc2)CC1. The van der Waals surface area contributed by atoms with Crippen LogP contribution in [0.2, 0.25) is 0 Å². The van der Waals surface area contributed by atoms with Crippen molar-refractivity contribution < 1.29 is 9.53 Å². The van der Waals surface area contributed by atoms with Gasteiger partial charge in [-0.15, -0.1) is 10.2 Å². The van der Waals surface area contributed by atoms with Crippen LogP contribution in [0.5, 0.6) is 11.5 Å². The highest BCUT2D eigenvalue weighted by Gasteiger charge is 2.35. The molecule has 0 spiro atoms. The minimum atomic E-state index is -0.130. The zero-order valence-corrected chi connectivity index (χ0v) is 28.0. The van der Waals surface area contributed by atoms with Gasteiger partial charge in [0, 0.05) is 43.0 Å². The van der Waals surface area contributed by atoms with Crippen LogP contribution in [-0.2, 0) is 4.79 Å². The smallest absolute Gasteiger partial charge is 0.278 e. The lowest BCUT2D eigenvalue weighted by atomic mass is 10.1. The maximum absolute atomic E-state index is 14.0. The van der Waals surface area contributed by atoms with E-state index in [2.05, 4.69) is 44.3 Å². The van der Waals surface area contributed by atoms with Crippen LogP contribution in [-0.4, -0.2) is 54.4 Å². The number of benzene rings is 5. The fraction of sp³-hybridized carbons (Fsp3) is 0.125. The highest BCUT2D eigenvalue weighted by Crippen LogP contribution is 2.41. The van der Waals surface area contributed by atoms with Crippen LogP contribution in [0.3, 0.4) is 0 Å². The number of aliphatic imine (C=N–C) groups is 1. The lowest BCUT2D eigenvalue weighted by Crippen LogP contribution is -2.51. The predicted octanol–water partition coefficient (Wildman–Crippen LogP) is 9.26. The highest BCUT2D eigenvalue weighted by molar-refractivity contribution is 7.19. The number of fused-ring (bicyclic) bond motifs is 1. The Balaban J connectivity index is 1.03. The number of piperazine rings is 1. The van der Waals surface area contributed by atoms with Crippen LogP contribution in [0.15, 0.2) is 155 Å². The Kier molecular flexibility index (Phi) is 8.92. The number of aromatic nitrogens is 1. The molecule has 0 bridgehead atoms. The van der Waals surface area contributed by atoms with Crippen molar-refractivity contribution in [1.82, 2.24) is 9.88 Å². The molecule has 50 heavy (non-hydrogen) atoms. The molecule has 10 heteroatoms. The molecule has 1 fully saturated rings. The van der Waals surface area contributed by atoms with Gasteiger partial charge in [-0.05, 0) is 54.6 Å². The fourth-order valence-electron chi connectivity index (χ4n) is 6.10. The van der Waals surface area contributed by atoms with E-state index < -0.39 is 0 Å². The number of azo groups is 1. The summed E-state index contributed by atoms with van der Waals surface area (Å²) in [5.74, 6) is 1.34. The van der Waals surface area contributed by atoms with E-state index in [1.807, 2.05) is 120 Å². The normalized spacial score (nSPS) is 15.6. The van der Waals surface area contributed by atoms with E-state index in [0.29, 0.717) is 39.6 Å². The first kappa shape index (κ1) is 31.3. The third-order valence-corrected chi connectivity index (χ3v) is 9.49. The number of rotatable bonds is 9. The first-order chi connectivity index (χ1) is 24.7. The molecule has 5 aromatic carbocycles. The van der Waals surface area contributed by atoms with Crippen LogP contribution < -0.4 is 14.5 Å². The van der Waals surface area contributed by atoms with Crippen LogP contribution in [0.1, 0.15) is 5.56 Å². The lowest BCUT2D eigenvalue weighted by molar-refractivity contribution is -0.112. The van der Waals surface area contributed by atoms with Crippen molar-refractivity contribution in [2.24, 2.45) is 15.2 Å². The summed E-state index contributed by atoms with van der Waals surface area (Å²) in [6.45, 7) is 4.02. The quantitative estimate of drug-likeness (QED) is 0.143. The van der Waals surface area contributed by atoms with Gasteiger partial charge in [0.05, 0.1) is 18.0 Å². The van der Waals surface area contributed by atoms with Gasteiger partial charge in [0.15, 0.2) is 5.00 Å². The molecule has 0 radical (unpaired) electrons. The number of amides is 1. The second-order valence-corrected chi connectivity index (χ2v) is 12.9. The lowest BCUT2D eigenvalue weighted by Gasteiger charge is -2.37. The summed E-state index contributed by atoms with van der Waals surface area (Å²) in [4.78, 5) is 30.3. The van der Waals surface area contributed by atoms with E-state index in [0.717, 1.165) is 48.7 Å². The first-order valence-corrected chi connectivity index (χ1v) is 17.3. The summed E-state index contributed by atoms with van der Waals surface area (Å²) in [7, 11) is 0. The molecule has 0 unspecified atom stereocenters. The summed E-state index contributed by atoms with van der Waals surface area (Å²) < 4.78 is 5.91. The molecule has 0 aliphatic carbocycles. The molecule has 1 aromatic heterocycles. The molecule has 3 heterocycles. The molecule has 2 aliphatic rings. The van der Waals surface area contributed by atoms with E-state index in [9.17, 15) is 4.79 Å². The number of thiazole rings is 1. The summed E-state index contributed by atoms with van der Waals surface area (Å²) in [5, 5.41) is 10.2. The highest BCUT2D eigenvalue weighted by atomic mass is 32.1. The molecule has 2 aliphatic heterocycles. The fourth-order valence-corrected chi connectivity index (χ4v) is 6.89. The maximum Gasteiger partial charge on any atom is 0.278 e. The zero-order valence-electron chi connectivity index (χ0n) is 27.2. The van der Waals surface area contributed by atoms with Gasteiger partial charge in [-0.2, -0.15) is 0 Å². The Hall–Kier alpha value is -5.97. The number of para-hydroxylation sites is 3. The molecule has 8 rings (SSSR count). The summed E-state index contributed by atoms with van der Waals surface area (Å²) >= 11 is 1.31. The number of carbonyl (C=O) groups excluding carboxylic acids is 1. The molecule has 6 aromatic rings. The Morgan fingerprint density at radius 2 is 1.32 bits per heavy atom. The number of nitrogens with zero attached hydrogens (tertiary/aromatic N) is 7. The molecule has 246 valence electrons. The van der Waals surface area contributed by atoms with E-state index in [1.54, 1.807) is 0 Å². The first-order valence-electron chi connectivity index (χ1n) is 16.5. The molecule has 1 amide bonds. The van der Waals surface area contributed by atoms with Crippen molar-refractivity contribution in [3.8, 4) is 22.8 Å². The second kappa shape index (κ2) is 14.3.